The average molecular weight is 546 g/mol. The van der Waals surface area contributed by atoms with E-state index >= 15 is 0 Å². The minimum Gasteiger partial charge on any atom is -0.434 e. The molecule has 4 rings (SSSR count). The lowest BCUT2D eigenvalue weighted by atomic mass is 9.88. The number of carbonyl (C=O) groups is 1. The molecule has 2 aromatic carbocycles. The minimum atomic E-state index is -0.706. The summed E-state index contributed by atoms with van der Waals surface area (Å²) in [5.74, 6) is -0.143. The van der Waals surface area contributed by atoms with Gasteiger partial charge in [-0.05, 0) is 35.9 Å². The van der Waals surface area contributed by atoms with Crippen molar-refractivity contribution in [3.05, 3.63) is 74.4 Å². The Balaban J connectivity index is 2.08. The summed E-state index contributed by atoms with van der Waals surface area (Å²) in [6.07, 6.45) is 1.20. The number of ketones is 1. The highest BCUT2D eigenvalue weighted by molar-refractivity contribution is 9.10. The highest BCUT2D eigenvalue weighted by atomic mass is 79.9. The Kier molecular flexibility index (Phi) is 6.36. The average Bonchev–Trinajstić information content (AvgIpc) is 3.10. The Morgan fingerprint density at radius 2 is 1.79 bits per heavy atom. The number of hydrogen-bond acceptors (Lipinski definition) is 5. The summed E-state index contributed by atoms with van der Waals surface area (Å²) in [5, 5.41) is 14.1. The number of hydrogen-bond donors (Lipinski definition) is 1. The minimum absolute atomic E-state index is 0.0870. The van der Waals surface area contributed by atoms with Crippen LogP contribution in [0, 0.1) is 5.41 Å². The van der Waals surface area contributed by atoms with E-state index in [0.717, 1.165) is 15.6 Å². The van der Waals surface area contributed by atoms with E-state index in [9.17, 15) is 10.0 Å². The van der Waals surface area contributed by atoms with Crippen LogP contribution in [0.3, 0.4) is 0 Å². The zero-order valence-corrected chi connectivity index (χ0v) is 21.1. The van der Waals surface area contributed by atoms with Gasteiger partial charge in [0.1, 0.15) is 0 Å². The summed E-state index contributed by atoms with van der Waals surface area (Å²) in [7, 11) is 0. The van der Waals surface area contributed by atoms with Crippen molar-refractivity contribution in [2.45, 2.75) is 20.8 Å². The van der Waals surface area contributed by atoms with Crippen LogP contribution in [-0.2, 0) is 0 Å². The van der Waals surface area contributed by atoms with Crippen molar-refractivity contribution in [1.82, 2.24) is 4.98 Å². The van der Waals surface area contributed by atoms with Crippen molar-refractivity contribution >= 4 is 62.2 Å². The second-order valence-electron chi connectivity index (χ2n) is 8.54. The van der Waals surface area contributed by atoms with Crippen LogP contribution in [0.5, 0.6) is 0 Å². The van der Waals surface area contributed by atoms with E-state index in [1.54, 1.807) is 39.0 Å². The molecule has 2 heterocycles. The molecule has 4 aromatic rings. The number of furan rings is 1. The number of benzene rings is 2. The molecule has 0 aliphatic carbocycles. The van der Waals surface area contributed by atoms with E-state index in [2.05, 4.69) is 21.1 Å². The predicted octanol–water partition coefficient (Wildman–Crippen LogP) is 8.27. The topological polar surface area (TPSA) is 75.7 Å². The third kappa shape index (κ3) is 4.56. The van der Waals surface area contributed by atoms with E-state index in [-0.39, 0.29) is 17.3 Å². The van der Waals surface area contributed by atoms with Crippen molar-refractivity contribution in [1.29, 1.82) is 0 Å². The van der Waals surface area contributed by atoms with E-state index in [1.807, 2.05) is 30.3 Å². The molecule has 0 saturated heterocycles. The maximum Gasteiger partial charge on any atom is 0.228 e. The van der Waals surface area contributed by atoms with Gasteiger partial charge in [0.15, 0.2) is 5.76 Å². The molecule has 0 bridgehead atoms. The highest BCUT2D eigenvalue weighted by Crippen LogP contribution is 2.40. The lowest BCUT2D eigenvalue weighted by Crippen LogP contribution is -2.20. The van der Waals surface area contributed by atoms with Gasteiger partial charge in [-0.1, -0.05) is 83.3 Å². The Morgan fingerprint density at radius 3 is 2.39 bits per heavy atom. The van der Waals surface area contributed by atoms with Crippen LogP contribution in [0.2, 0.25) is 10.0 Å². The number of rotatable bonds is 4. The molecule has 0 fully saturated rings. The summed E-state index contributed by atoms with van der Waals surface area (Å²) >= 11 is 16.1. The van der Waals surface area contributed by atoms with E-state index in [0.29, 0.717) is 32.3 Å². The monoisotopic (exact) mass is 544 g/mol. The van der Waals surface area contributed by atoms with Gasteiger partial charge in [-0.25, -0.2) is 4.98 Å². The zero-order chi connectivity index (χ0) is 23.9. The number of Topliss-reactive ketones (excluding diaryl/α,β-unsaturated/α-hetero) is 1. The molecular formula is C25H19BrCl2N2O3. The summed E-state index contributed by atoms with van der Waals surface area (Å²) in [6.45, 7) is 5.38. The van der Waals surface area contributed by atoms with E-state index < -0.39 is 5.41 Å². The molecule has 0 unspecified atom stereocenters. The quantitative estimate of drug-likeness (QED) is 0.121. The second-order valence-corrected chi connectivity index (χ2v) is 10.3. The lowest BCUT2D eigenvalue weighted by molar-refractivity contribution is 0.0830. The molecule has 1 N–H and O–H groups in total. The lowest BCUT2D eigenvalue weighted by Gasteiger charge is -2.14. The summed E-state index contributed by atoms with van der Waals surface area (Å²) in [5.41, 5.74) is 2.78. The Bertz CT molecular complexity index is 1400. The summed E-state index contributed by atoms with van der Waals surface area (Å²) in [4.78, 5) is 17.8. The van der Waals surface area contributed by atoms with Gasteiger partial charge in [0.05, 0.1) is 27.9 Å². The van der Waals surface area contributed by atoms with Crippen LogP contribution in [0.1, 0.15) is 36.9 Å². The second kappa shape index (κ2) is 8.93. The largest absolute Gasteiger partial charge is 0.434 e. The van der Waals surface area contributed by atoms with Crippen LogP contribution in [0.25, 0.3) is 33.5 Å². The molecule has 0 aliphatic heterocycles. The van der Waals surface area contributed by atoms with Crippen molar-refractivity contribution in [3.8, 4) is 22.4 Å². The van der Waals surface area contributed by atoms with Crippen LogP contribution in [0.4, 0.5) is 0 Å². The van der Waals surface area contributed by atoms with Gasteiger partial charge in [0.25, 0.3) is 0 Å². The number of halogens is 3. The van der Waals surface area contributed by atoms with Crippen LogP contribution in [0.15, 0.2) is 62.6 Å². The van der Waals surface area contributed by atoms with Crippen molar-refractivity contribution < 1.29 is 14.4 Å². The number of oxime groups is 1. The van der Waals surface area contributed by atoms with Crippen molar-refractivity contribution in [2.75, 3.05) is 0 Å². The first kappa shape index (κ1) is 23.5. The first-order valence-electron chi connectivity index (χ1n) is 10.0. The molecular weight excluding hydrogens is 527 g/mol. The molecule has 168 valence electrons. The first-order chi connectivity index (χ1) is 15.6. The van der Waals surface area contributed by atoms with Gasteiger partial charge in [0.2, 0.25) is 11.5 Å². The maximum absolute atomic E-state index is 13.1. The number of aromatic nitrogens is 1. The molecule has 5 nitrogen and oxygen atoms in total. The Hall–Kier alpha value is -2.67. The van der Waals surface area contributed by atoms with Crippen LogP contribution in [-0.4, -0.2) is 22.2 Å². The Morgan fingerprint density at radius 1 is 1.09 bits per heavy atom. The van der Waals surface area contributed by atoms with Crippen molar-refractivity contribution in [2.24, 2.45) is 10.6 Å². The molecule has 0 saturated carbocycles. The van der Waals surface area contributed by atoms with E-state index in [4.69, 9.17) is 32.6 Å². The van der Waals surface area contributed by atoms with Gasteiger partial charge in [0, 0.05) is 26.0 Å². The molecule has 8 heteroatoms. The SMILES string of the molecule is CC(C)(C)C(=O)c1oc2nc(-c3ccc(Br)cc3Cl)c(-c3ccc(Cl)cc3)cc2c1C=NO. The van der Waals surface area contributed by atoms with Gasteiger partial charge in [-0.3, -0.25) is 4.79 Å². The zero-order valence-electron chi connectivity index (χ0n) is 18.0. The molecule has 0 amide bonds. The van der Waals surface area contributed by atoms with Gasteiger partial charge in [-0.2, -0.15) is 0 Å². The summed E-state index contributed by atoms with van der Waals surface area (Å²) in [6, 6.07) is 14.7. The molecule has 0 radical (unpaired) electrons. The van der Waals surface area contributed by atoms with Gasteiger partial charge < -0.3 is 9.62 Å². The third-order valence-corrected chi connectivity index (χ3v) is 6.19. The fourth-order valence-corrected chi connectivity index (χ4v) is 4.36. The number of carbonyl (C=O) groups excluding carboxylic acids is 1. The van der Waals surface area contributed by atoms with Crippen molar-refractivity contribution in [3.63, 3.8) is 0 Å². The number of fused-ring (bicyclic) bond motifs is 1. The van der Waals surface area contributed by atoms with Gasteiger partial charge in [-0.15, -0.1) is 0 Å². The molecule has 33 heavy (non-hydrogen) atoms. The first-order valence-corrected chi connectivity index (χ1v) is 11.6. The fourth-order valence-electron chi connectivity index (χ4n) is 3.47. The highest BCUT2D eigenvalue weighted by Gasteiger charge is 2.31. The molecule has 2 aromatic heterocycles. The smallest absolute Gasteiger partial charge is 0.228 e. The molecule has 0 atom stereocenters. The van der Waals surface area contributed by atoms with Crippen LogP contribution < -0.4 is 0 Å². The Labute approximate surface area is 209 Å². The number of pyridine rings is 1. The van der Waals surface area contributed by atoms with Crippen LogP contribution >= 0.6 is 39.1 Å². The fraction of sp³-hybridized carbons (Fsp3) is 0.160. The normalized spacial score (nSPS) is 12.1. The molecule has 0 aliphatic rings. The summed E-state index contributed by atoms with van der Waals surface area (Å²) < 4.78 is 6.78. The van der Waals surface area contributed by atoms with Gasteiger partial charge >= 0.3 is 0 Å². The standard InChI is InChI=1S/C25H19BrCl2N2O3/c1-25(2,3)23(31)22-19(12-29-32)18-11-17(13-4-7-15(27)8-5-13)21(30-24(18)33-22)16-9-6-14(26)10-20(16)28/h4-12,32H,1-3H3. The number of nitrogens with zero attached hydrogens (tertiary/aromatic N) is 2. The maximum atomic E-state index is 13.1. The third-order valence-electron chi connectivity index (χ3n) is 5.14. The predicted molar refractivity (Wildman–Crippen MR) is 136 cm³/mol. The van der Waals surface area contributed by atoms with E-state index in [1.165, 1.54) is 6.21 Å². The molecule has 0 spiro atoms.